The van der Waals surface area contributed by atoms with E-state index in [-0.39, 0.29) is 0 Å². The van der Waals surface area contributed by atoms with Gasteiger partial charge in [0.2, 0.25) is 5.13 Å². The van der Waals surface area contributed by atoms with Gasteiger partial charge in [-0.2, -0.15) is 0 Å². The van der Waals surface area contributed by atoms with Crippen molar-refractivity contribution in [2.24, 2.45) is 0 Å². The van der Waals surface area contributed by atoms with Crippen molar-refractivity contribution in [3.05, 3.63) is 41.8 Å². The smallest absolute Gasteiger partial charge is 0.325 e. The largest absolute Gasteiger partial charge is 0.495 e. The summed E-state index contributed by atoms with van der Waals surface area (Å²) in [5.74, 6) is 0.592. The summed E-state index contributed by atoms with van der Waals surface area (Å²) in [6, 6.07) is 10.7. The maximum Gasteiger partial charge on any atom is 0.325 e. The molecular formula is C14H12N4O2S2. The first-order valence-electron chi connectivity index (χ1n) is 6.34. The van der Waals surface area contributed by atoms with Crippen LogP contribution in [0.25, 0.3) is 9.88 Å². The van der Waals surface area contributed by atoms with Crippen molar-refractivity contribution in [1.29, 1.82) is 0 Å². The molecule has 6 nitrogen and oxygen atoms in total. The van der Waals surface area contributed by atoms with Gasteiger partial charge in [-0.15, -0.1) is 21.5 Å². The van der Waals surface area contributed by atoms with E-state index < -0.39 is 6.03 Å². The maximum absolute atomic E-state index is 12.0. The van der Waals surface area contributed by atoms with E-state index in [1.165, 1.54) is 11.3 Å². The Morgan fingerprint density at radius 1 is 1.14 bits per heavy atom. The third-order valence-corrected chi connectivity index (χ3v) is 4.61. The van der Waals surface area contributed by atoms with Gasteiger partial charge in [0, 0.05) is 0 Å². The predicted molar refractivity (Wildman–Crippen MR) is 88.9 cm³/mol. The van der Waals surface area contributed by atoms with E-state index in [0.717, 1.165) is 9.88 Å². The lowest BCUT2D eigenvalue weighted by molar-refractivity contribution is 0.262. The van der Waals surface area contributed by atoms with Gasteiger partial charge in [0.1, 0.15) is 5.75 Å². The van der Waals surface area contributed by atoms with Crippen LogP contribution in [-0.4, -0.2) is 23.3 Å². The third kappa shape index (κ3) is 3.23. The lowest BCUT2D eigenvalue weighted by Crippen LogP contribution is -2.19. The number of amides is 2. The van der Waals surface area contributed by atoms with Gasteiger partial charge in [-0.1, -0.05) is 29.5 Å². The van der Waals surface area contributed by atoms with Crippen molar-refractivity contribution in [2.45, 2.75) is 0 Å². The van der Waals surface area contributed by atoms with Crippen LogP contribution in [0, 0.1) is 0 Å². The number of hydrogen-bond donors (Lipinski definition) is 2. The fourth-order valence-electron chi connectivity index (χ4n) is 1.77. The monoisotopic (exact) mass is 332 g/mol. The average molecular weight is 332 g/mol. The second-order valence-corrected chi connectivity index (χ2v) is 6.09. The molecule has 112 valence electrons. The van der Waals surface area contributed by atoms with Crippen molar-refractivity contribution in [3.8, 4) is 15.6 Å². The van der Waals surface area contributed by atoms with Crippen LogP contribution in [0.1, 0.15) is 0 Å². The number of rotatable bonds is 4. The molecule has 2 amide bonds. The van der Waals surface area contributed by atoms with Crippen LogP contribution in [-0.2, 0) is 0 Å². The molecule has 2 aromatic heterocycles. The second-order valence-electron chi connectivity index (χ2n) is 4.17. The molecule has 8 heteroatoms. The fourth-order valence-corrected chi connectivity index (χ4v) is 3.30. The Labute approximate surface area is 134 Å². The van der Waals surface area contributed by atoms with Crippen molar-refractivity contribution in [2.75, 3.05) is 17.7 Å². The fraction of sp³-hybridized carbons (Fsp3) is 0.0714. The van der Waals surface area contributed by atoms with Crippen LogP contribution in [0.4, 0.5) is 15.6 Å². The molecule has 0 fully saturated rings. The molecule has 0 bridgehead atoms. The summed E-state index contributed by atoms with van der Waals surface area (Å²) in [5, 5.41) is 16.6. The zero-order chi connectivity index (χ0) is 15.4. The molecule has 0 atom stereocenters. The Morgan fingerprint density at radius 2 is 2.00 bits per heavy atom. The van der Waals surface area contributed by atoms with Crippen molar-refractivity contribution >= 4 is 39.5 Å². The van der Waals surface area contributed by atoms with Crippen LogP contribution in [0.5, 0.6) is 5.75 Å². The number of para-hydroxylation sites is 2. The molecule has 0 spiro atoms. The summed E-state index contributed by atoms with van der Waals surface area (Å²) in [5.41, 5.74) is 0.588. The predicted octanol–water partition coefficient (Wildman–Crippen LogP) is 3.92. The van der Waals surface area contributed by atoms with E-state index >= 15 is 0 Å². The molecule has 0 aliphatic carbocycles. The Balaban J connectivity index is 1.67. The Hall–Kier alpha value is -2.45. The highest BCUT2D eigenvalue weighted by atomic mass is 32.1. The topological polar surface area (TPSA) is 76.1 Å². The van der Waals surface area contributed by atoms with Crippen LogP contribution in [0.2, 0.25) is 0 Å². The summed E-state index contributed by atoms with van der Waals surface area (Å²) >= 11 is 2.90. The summed E-state index contributed by atoms with van der Waals surface area (Å²) in [7, 11) is 1.55. The highest BCUT2D eigenvalue weighted by Crippen LogP contribution is 2.30. The first-order chi connectivity index (χ1) is 10.8. The van der Waals surface area contributed by atoms with Gasteiger partial charge in [-0.05, 0) is 23.6 Å². The van der Waals surface area contributed by atoms with Crippen LogP contribution in [0.3, 0.4) is 0 Å². The number of urea groups is 1. The van der Waals surface area contributed by atoms with Crippen LogP contribution < -0.4 is 15.4 Å². The van der Waals surface area contributed by atoms with Gasteiger partial charge in [0.05, 0.1) is 17.7 Å². The number of thiophene rings is 1. The van der Waals surface area contributed by atoms with E-state index in [2.05, 4.69) is 20.8 Å². The normalized spacial score (nSPS) is 10.2. The maximum atomic E-state index is 12.0. The Bertz CT molecular complexity index is 771. The van der Waals surface area contributed by atoms with Crippen LogP contribution in [0.15, 0.2) is 41.8 Å². The number of benzene rings is 1. The molecule has 0 unspecified atom stereocenters. The Kier molecular flexibility index (Phi) is 4.31. The van der Waals surface area contributed by atoms with E-state index in [1.54, 1.807) is 30.6 Å². The molecule has 0 aliphatic heterocycles. The summed E-state index contributed by atoms with van der Waals surface area (Å²) in [4.78, 5) is 13.0. The van der Waals surface area contributed by atoms with Crippen LogP contribution >= 0.6 is 22.7 Å². The van der Waals surface area contributed by atoms with Gasteiger partial charge < -0.3 is 10.1 Å². The zero-order valence-corrected chi connectivity index (χ0v) is 13.2. The van der Waals surface area contributed by atoms with Gasteiger partial charge >= 0.3 is 6.03 Å². The van der Waals surface area contributed by atoms with Gasteiger partial charge in [-0.3, -0.25) is 5.32 Å². The zero-order valence-electron chi connectivity index (χ0n) is 11.6. The quantitative estimate of drug-likeness (QED) is 0.759. The number of hydrogen-bond acceptors (Lipinski definition) is 6. The lowest BCUT2D eigenvalue weighted by atomic mass is 10.3. The third-order valence-electron chi connectivity index (χ3n) is 2.73. The van der Waals surface area contributed by atoms with Gasteiger partial charge in [0.15, 0.2) is 5.01 Å². The van der Waals surface area contributed by atoms with Gasteiger partial charge in [0.25, 0.3) is 0 Å². The summed E-state index contributed by atoms with van der Waals surface area (Å²) in [6.07, 6.45) is 0. The standard InChI is InChI=1S/C14H12N4O2S2/c1-20-10-6-3-2-5-9(10)15-13(19)16-14-18-17-12(22-14)11-7-4-8-21-11/h2-8H,1H3,(H2,15,16,18,19). The molecule has 0 saturated heterocycles. The first kappa shape index (κ1) is 14.5. The SMILES string of the molecule is COc1ccccc1NC(=O)Nc1nnc(-c2cccs2)s1. The second kappa shape index (κ2) is 6.54. The summed E-state index contributed by atoms with van der Waals surface area (Å²) < 4.78 is 5.18. The molecule has 1 aromatic carbocycles. The minimum atomic E-state index is -0.390. The number of nitrogens with zero attached hydrogens (tertiary/aromatic N) is 2. The Morgan fingerprint density at radius 3 is 2.77 bits per heavy atom. The highest BCUT2D eigenvalue weighted by molar-refractivity contribution is 7.23. The molecule has 3 rings (SSSR count). The summed E-state index contributed by atoms with van der Waals surface area (Å²) in [6.45, 7) is 0. The molecule has 0 aliphatic rings. The number of carbonyl (C=O) groups excluding carboxylic acids is 1. The van der Waals surface area contributed by atoms with Crippen molar-refractivity contribution in [3.63, 3.8) is 0 Å². The molecule has 0 radical (unpaired) electrons. The lowest BCUT2D eigenvalue weighted by Gasteiger charge is -2.09. The molecule has 22 heavy (non-hydrogen) atoms. The van der Waals surface area contributed by atoms with Crippen molar-refractivity contribution in [1.82, 2.24) is 10.2 Å². The highest BCUT2D eigenvalue weighted by Gasteiger charge is 2.11. The first-order valence-corrected chi connectivity index (χ1v) is 8.04. The van der Waals surface area contributed by atoms with Gasteiger partial charge in [-0.25, -0.2) is 4.79 Å². The number of ether oxygens (including phenoxy) is 1. The number of aromatic nitrogens is 2. The van der Waals surface area contributed by atoms with Crippen molar-refractivity contribution < 1.29 is 9.53 Å². The van der Waals surface area contributed by atoms with E-state index in [9.17, 15) is 4.79 Å². The minimum absolute atomic E-state index is 0.390. The molecular weight excluding hydrogens is 320 g/mol. The number of anilines is 2. The van der Waals surface area contributed by atoms with E-state index in [4.69, 9.17) is 4.74 Å². The molecule has 0 saturated carbocycles. The average Bonchev–Trinajstić information content (AvgIpc) is 3.18. The van der Waals surface area contributed by atoms with E-state index in [0.29, 0.717) is 16.6 Å². The minimum Gasteiger partial charge on any atom is -0.495 e. The number of methoxy groups -OCH3 is 1. The molecule has 2 heterocycles. The number of nitrogens with one attached hydrogen (secondary N) is 2. The molecule has 3 aromatic rings. The van der Waals surface area contributed by atoms with E-state index in [1.807, 2.05) is 29.6 Å². The molecule has 2 N–H and O–H groups in total. The number of carbonyl (C=O) groups is 1.